The predicted molar refractivity (Wildman–Crippen MR) is 110 cm³/mol. The Balaban J connectivity index is 1.63. The zero-order chi connectivity index (χ0) is 22.4. The van der Waals surface area contributed by atoms with Crippen LogP contribution >= 0.6 is 0 Å². The van der Waals surface area contributed by atoms with Crippen molar-refractivity contribution in [1.82, 2.24) is 15.5 Å². The van der Waals surface area contributed by atoms with Crippen LogP contribution < -0.4 is 10.6 Å². The monoisotopic (exact) mass is 436 g/mol. The maximum absolute atomic E-state index is 13.3. The van der Waals surface area contributed by atoms with Gasteiger partial charge in [-0.1, -0.05) is 30.3 Å². The number of hydrogen-bond acceptors (Lipinski definition) is 2. The third kappa shape index (κ3) is 5.96. The van der Waals surface area contributed by atoms with Gasteiger partial charge in [0.1, 0.15) is 5.82 Å². The second kappa shape index (κ2) is 9.80. The molecule has 2 aromatic carbocycles. The van der Waals surface area contributed by atoms with Gasteiger partial charge in [0.15, 0.2) is 5.96 Å². The van der Waals surface area contributed by atoms with Gasteiger partial charge in [-0.15, -0.1) is 0 Å². The number of carbonyl (C=O) groups is 1. The molecule has 0 aromatic heterocycles. The summed E-state index contributed by atoms with van der Waals surface area (Å²) >= 11 is 0. The molecule has 0 saturated carbocycles. The molecule has 0 unspecified atom stereocenters. The summed E-state index contributed by atoms with van der Waals surface area (Å²) in [7, 11) is 1.51. The van der Waals surface area contributed by atoms with Crippen LogP contribution in [0.1, 0.15) is 35.1 Å². The Morgan fingerprint density at radius 1 is 1.06 bits per heavy atom. The van der Waals surface area contributed by atoms with Crippen molar-refractivity contribution in [3.05, 3.63) is 70.5 Å². The highest BCUT2D eigenvalue weighted by Gasteiger charge is 2.33. The summed E-state index contributed by atoms with van der Waals surface area (Å²) in [6, 6.07) is 10.3. The zero-order valence-electron chi connectivity index (χ0n) is 17.1. The van der Waals surface area contributed by atoms with Crippen molar-refractivity contribution in [1.29, 1.82) is 0 Å². The first-order valence-electron chi connectivity index (χ1n) is 9.92. The first kappa shape index (κ1) is 22.6. The first-order chi connectivity index (χ1) is 14.8. The number of hydrogen-bond donors (Lipinski definition) is 2. The molecule has 2 N–H and O–H groups in total. The largest absolute Gasteiger partial charge is 0.416 e. The molecule has 0 bridgehead atoms. The van der Waals surface area contributed by atoms with Crippen LogP contribution in [0.5, 0.6) is 0 Å². The number of amides is 1. The van der Waals surface area contributed by atoms with E-state index in [2.05, 4.69) is 15.6 Å². The lowest BCUT2D eigenvalue weighted by atomic mass is 10.1. The van der Waals surface area contributed by atoms with E-state index in [-0.39, 0.29) is 18.0 Å². The van der Waals surface area contributed by atoms with E-state index < -0.39 is 17.6 Å². The van der Waals surface area contributed by atoms with Crippen LogP contribution in [-0.2, 0) is 30.6 Å². The molecule has 1 aliphatic heterocycles. The SMILES string of the molecule is CN=C(NCc1ccccc1CN1CCCC1=O)NCc1ccc(F)cc1C(F)(F)F. The Hall–Kier alpha value is -3.10. The summed E-state index contributed by atoms with van der Waals surface area (Å²) in [5.74, 6) is -0.490. The highest BCUT2D eigenvalue weighted by Crippen LogP contribution is 2.32. The molecule has 0 atom stereocenters. The smallest absolute Gasteiger partial charge is 0.352 e. The fourth-order valence-electron chi connectivity index (χ4n) is 3.51. The third-order valence-corrected chi connectivity index (χ3v) is 5.14. The Morgan fingerprint density at radius 3 is 2.35 bits per heavy atom. The molecule has 1 amide bonds. The van der Waals surface area contributed by atoms with E-state index in [1.165, 1.54) is 7.05 Å². The molecule has 0 spiro atoms. The number of rotatable bonds is 6. The quantitative estimate of drug-likeness (QED) is 0.411. The summed E-state index contributed by atoms with van der Waals surface area (Å²) in [5.41, 5.74) is 0.863. The Bertz CT molecular complexity index is 959. The zero-order valence-corrected chi connectivity index (χ0v) is 17.1. The fraction of sp³-hybridized carbons (Fsp3) is 0.364. The molecule has 166 valence electrons. The van der Waals surface area contributed by atoms with Crippen molar-refractivity contribution >= 4 is 11.9 Å². The Kier molecular flexibility index (Phi) is 7.14. The van der Waals surface area contributed by atoms with E-state index >= 15 is 0 Å². The lowest BCUT2D eigenvalue weighted by Crippen LogP contribution is -2.37. The average molecular weight is 436 g/mol. The van der Waals surface area contributed by atoms with Crippen LogP contribution in [0.3, 0.4) is 0 Å². The molecule has 1 saturated heterocycles. The molecule has 31 heavy (non-hydrogen) atoms. The number of alkyl halides is 3. The van der Waals surface area contributed by atoms with Crippen molar-refractivity contribution in [3.63, 3.8) is 0 Å². The molecular formula is C22H24F4N4O. The number of carbonyl (C=O) groups excluding carboxylic acids is 1. The predicted octanol–water partition coefficient (Wildman–Crippen LogP) is 3.83. The van der Waals surface area contributed by atoms with E-state index in [4.69, 9.17) is 0 Å². The van der Waals surface area contributed by atoms with E-state index in [0.717, 1.165) is 36.2 Å². The van der Waals surface area contributed by atoms with Gasteiger partial charge in [0.2, 0.25) is 5.91 Å². The van der Waals surface area contributed by atoms with Crippen LogP contribution in [0.25, 0.3) is 0 Å². The van der Waals surface area contributed by atoms with Gasteiger partial charge >= 0.3 is 6.18 Å². The van der Waals surface area contributed by atoms with Crippen molar-refractivity contribution in [3.8, 4) is 0 Å². The Labute approximate surface area is 178 Å². The second-order valence-corrected chi connectivity index (χ2v) is 7.27. The molecule has 0 radical (unpaired) electrons. The molecule has 0 aliphatic carbocycles. The normalized spacial score (nSPS) is 14.8. The minimum Gasteiger partial charge on any atom is -0.352 e. The molecule has 1 aliphatic rings. The van der Waals surface area contributed by atoms with E-state index in [1.54, 1.807) is 0 Å². The number of nitrogens with zero attached hydrogens (tertiary/aromatic N) is 2. The molecule has 9 heteroatoms. The summed E-state index contributed by atoms with van der Waals surface area (Å²) in [6.45, 7) is 1.47. The molecular weight excluding hydrogens is 412 g/mol. The molecule has 1 fully saturated rings. The summed E-state index contributed by atoms with van der Waals surface area (Å²) < 4.78 is 52.8. The highest BCUT2D eigenvalue weighted by atomic mass is 19.4. The van der Waals surface area contributed by atoms with Crippen LogP contribution in [0, 0.1) is 5.82 Å². The number of nitrogens with one attached hydrogen (secondary N) is 2. The van der Waals surface area contributed by atoms with Crippen LogP contribution in [0.2, 0.25) is 0 Å². The maximum atomic E-state index is 13.3. The minimum absolute atomic E-state index is 0.0789. The van der Waals surface area contributed by atoms with Gasteiger partial charge in [-0.2, -0.15) is 13.2 Å². The average Bonchev–Trinajstić information content (AvgIpc) is 3.13. The third-order valence-electron chi connectivity index (χ3n) is 5.14. The second-order valence-electron chi connectivity index (χ2n) is 7.27. The van der Waals surface area contributed by atoms with Gasteiger partial charge in [0, 0.05) is 39.6 Å². The number of halogens is 4. The lowest BCUT2D eigenvalue weighted by Gasteiger charge is -2.19. The summed E-state index contributed by atoms with van der Waals surface area (Å²) in [6.07, 6.45) is -3.22. The maximum Gasteiger partial charge on any atom is 0.416 e. The minimum atomic E-state index is -4.65. The summed E-state index contributed by atoms with van der Waals surface area (Å²) in [5, 5.41) is 5.92. The standard InChI is InChI=1S/C22H24F4N4O/c1-27-21(29-13-16-8-9-18(23)11-19(16)22(24,25)26)28-12-15-5-2-3-6-17(15)14-30-10-4-7-20(30)31/h2-3,5-6,8-9,11H,4,7,10,12-14H2,1H3,(H2,27,28,29). The topological polar surface area (TPSA) is 56.7 Å². The van der Waals surface area contributed by atoms with Crippen LogP contribution in [-0.4, -0.2) is 30.4 Å². The highest BCUT2D eigenvalue weighted by molar-refractivity contribution is 5.80. The van der Waals surface area contributed by atoms with E-state index in [1.807, 2.05) is 29.2 Å². The first-order valence-corrected chi connectivity index (χ1v) is 9.92. The van der Waals surface area contributed by atoms with Gasteiger partial charge in [-0.25, -0.2) is 4.39 Å². The van der Waals surface area contributed by atoms with Crippen LogP contribution in [0.15, 0.2) is 47.5 Å². The lowest BCUT2D eigenvalue weighted by molar-refractivity contribution is -0.138. The van der Waals surface area contributed by atoms with Gasteiger partial charge in [-0.05, 0) is 35.2 Å². The number of likely N-dealkylation sites (tertiary alicyclic amines) is 1. The van der Waals surface area contributed by atoms with E-state index in [9.17, 15) is 22.4 Å². The fourth-order valence-corrected chi connectivity index (χ4v) is 3.51. The summed E-state index contributed by atoms with van der Waals surface area (Å²) in [4.78, 5) is 17.8. The number of benzene rings is 2. The van der Waals surface area contributed by atoms with Gasteiger partial charge < -0.3 is 15.5 Å². The van der Waals surface area contributed by atoms with Crippen molar-refractivity contribution < 1.29 is 22.4 Å². The van der Waals surface area contributed by atoms with Crippen molar-refractivity contribution in [2.75, 3.05) is 13.6 Å². The van der Waals surface area contributed by atoms with Gasteiger partial charge in [0.25, 0.3) is 0 Å². The number of guanidine groups is 1. The van der Waals surface area contributed by atoms with Crippen molar-refractivity contribution in [2.45, 2.75) is 38.7 Å². The molecule has 1 heterocycles. The van der Waals surface area contributed by atoms with Gasteiger partial charge in [-0.3, -0.25) is 9.79 Å². The van der Waals surface area contributed by atoms with Gasteiger partial charge in [0.05, 0.1) is 5.56 Å². The molecule has 2 aromatic rings. The van der Waals surface area contributed by atoms with Crippen molar-refractivity contribution in [2.24, 2.45) is 4.99 Å². The van der Waals surface area contributed by atoms with E-state index in [0.29, 0.717) is 31.5 Å². The Morgan fingerprint density at radius 2 is 1.74 bits per heavy atom. The number of aliphatic imine (C=N–C) groups is 1. The molecule has 5 nitrogen and oxygen atoms in total. The molecule has 3 rings (SSSR count). The van der Waals surface area contributed by atoms with Crippen LogP contribution in [0.4, 0.5) is 17.6 Å².